The molecule has 0 unspecified atom stereocenters. The number of nitriles is 1. The van der Waals surface area contributed by atoms with Crippen molar-refractivity contribution in [1.29, 1.82) is 5.26 Å². The number of nitrogens with one attached hydrogen (secondary N) is 1. The number of rotatable bonds is 7. The lowest BCUT2D eigenvalue weighted by Gasteiger charge is -2.07. The molecule has 0 atom stereocenters. The second-order valence-electron chi connectivity index (χ2n) is 5.01. The molecule has 21 heavy (non-hydrogen) atoms. The zero-order valence-corrected chi connectivity index (χ0v) is 12.3. The third kappa shape index (κ3) is 5.29. The predicted molar refractivity (Wildman–Crippen MR) is 84.1 cm³/mol. The Labute approximate surface area is 126 Å². The molecule has 0 heterocycles. The first-order valence-corrected chi connectivity index (χ1v) is 7.13. The molecule has 0 aliphatic heterocycles. The standard InChI is InChI=1S/C18H20N2O/c1-15-3-2-4-16(13-15)9-11-20-14-17-5-7-18(8-6-17)21-12-10-19/h2-8,13,20H,9,11-12,14H2,1H3. The number of benzene rings is 2. The smallest absolute Gasteiger partial charge is 0.174 e. The Balaban J connectivity index is 1.72. The Morgan fingerprint density at radius 2 is 1.90 bits per heavy atom. The van der Waals surface area contributed by atoms with Crippen LogP contribution in [0.5, 0.6) is 5.75 Å². The third-order valence-corrected chi connectivity index (χ3v) is 3.23. The van der Waals surface area contributed by atoms with Gasteiger partial charge in [0.15, 0.2) is 6.61 Å². The van der Waals surface area contributed by atoms with E-state index in [0.29, 0.717) is 0 Å². The first kappa shape index (κ1) is 15.1. The van der Waals surface area contributed by atoms with Gasteiger partial charge in [0, 0.05) is 6.54 Å². The van der Waals surface area contributed by atoms with Gasteiger partial charge >= 0.3 is 0 Å². The van der Waals surface area contributed by atoms with Crippen LogP contribution >= 0.6 is 0 Å². The maximum Gasteiger partial charge on any atom is 0.174 e. The SMILES string of the molecule is Cc1cccc(CCNCc2ccc(OCC#N)cc2)c1. The molecular weight excluding hydrogens is 260 g/mol. The van der Waals surface area contributed by atoms with Gasteiger partial charge in [-0.05, 0) is 43.1 Å². The highest BCUT2D eigenvalue weighted by Crippen LogP contribution is 2.12. The molecule has 0 aliphatic carbocycles. The summed E-state index contributed by atoms with van der Waals surface area (Å²) in [6.45, 7) is 4.00. The van der Waals surface area contributed by atoms with Gasteiger partial charge in [-0.25, -0.2) is 0 Å². The first-order chi connectivity index (χ1) is 10.3. The van der Waals surface area contributed by atoms with Crippen LogP contribution in [-0.2, 0) is 13.0 Å². The van der Waals surface area contributed by atoms with Crippen LogP contribution in [0.15, 0.2) is 48.5 Å². The highest BCUT2D eigenvalue weighted by Gasteiger charge is 1.97. The minimum Gasteiger partial charge on any atom is -0.479 e. The Kier molecular flexibility index (Phi) is 5.81. The van der Waals surface area contributed by atoms with Crippen LogP contribution in [0.1, 0.15) is 16.7 Å². The van der Waals surface area contributed by atoms with Crippen molar-refractivity contribution < 1.29 is 4.74 Å². The van der Waals surface area contributed by atoms with Crippen LogP contribution in [0, 0.1) is 18.3 Å². The molecule has 108 valence electrons. The number of ether oxygens (including phenoxy) is 1. The summed E-state index contributed by atoms with van der Waals surface area (Å²) in [5.41, 5.74) is 3.88. The van der Waals surface area contributed by atoms with Gasteiger partial charge in [-0.15, -0.1) is 0 Å². The second kappa shape index (κ2) is 8.08. The Bertz CT molecular complexity index is 599. The van der Waals surface area contributed by atoms with Crippen molar-refractivity contribution >= 4 is 0 Å². The van der Waals surface area contributed by atoms with E-state index < -0.39 is 0 Å². The Hall–Kier alpha value is -2.31. The molecule has 0 amide bonds. The van der Waals surface area contributed by atoms with Gasteiger partial charge in [0.2, 0.25) is 0 Å². The van der Waals surface area contributed by atoms with Crippen LogP contribution in [-0.4, -0.2) is 13.2 Å². The summed E-state index contributed by atoms with van der Waals surface area (Å²) in [5, 5.41) is 11.9. The molecule has 0 aromatic heterocycles. The van der Waals surface area contributed by atoms with Crippen LogP contribution < -0.4 is 10.1 Å². The van der Waals surface area contributed by atoms with Gasteiger partial charge in [-0.2, -0.15) is 5.26 Å². The zero-order valence-electron chi connectivity index (χ0n) is 12.3. The molecule has 2 aromatic rings. The fraction of sp³-hybridized carbons (Fsp3) is 0.278. The fourth-order valence-corrected chi connectivity index (χ4v) is 2.15. The number of hydrogen-bond donors (Lipinski definition) is 1. The lowest BCUT2D eigenvalue weighted by molar-refractivity contribution is 0.368. The van der Waals surface area contributed by atoms with E-state index in [-0.39, 0.29) is 6.61 Å². The third-order valence-electron chi connectivity index (χ3n) is 3.23. The van der Waals surface area contributed by atoms with Crippen LogP contribution in [0.3, 0.4) is 0 Å². The average Bonchev–Trinajstić information content (AvgIpc) is 2.51. The van der Waals surface area contributed by atoms with Crippen molar-refractivity contribution in [3.63, 3.8) is 0 Å². The number of aryl methyl sites for hydroxylation is 1. The van der Waals surface area contributed by atoms with E-state index in [1.54, 1.807) is 0 Å². The lowest BCUT2D eigenvalue weighted by atomic mass is 10.1. The average molecular weight is 280 g/mol. The summed E-state index contributed by atoms with van der Waals surface area (Å²) in [4.78, 5) is 0. The topological polar surface area (TPSA) is 45.0 Å². The summed E-state index contributed by atoms with van der Waals surface area (Å²) in [6, 6.07) is 18.4. The van der Waals surface area contributed by atoms with Crippen LogP contribution in [0.25, 0.3) is 0 Å². The van der Waals surface area contributed by atoms with E-state index in [4.69, 9.17) is 10.00 Å². The second-order valence-corrected chi connectivity index (χ2v) is 5.01. The van der Waals surface area contributed by atoms with Gasteiger partial charge in [0.25, 0.3) is 0 Å². The summed E-state index contributed by atoms with van der Waals surface area (Å²) < 4.78 is 5.22. The van der Waals surface area contributed by atoms with Gasteiger partial charge in [0.05, 0.1) is 0 Å². The molecule has 0 spiro atoms. The van der Waals surface area contributed by atoms with E-state index in [0.717, 1.165) is 25.3 Å². The minimum absolute atomic E-state index is 0.0914. The largest absolute Gasteiger partial charge is 0.479 e. The van der Waals surface area contributed by atoms with Gasteiger partial charge < -0.3 is 10.1 Å². The zero-order chi connectivity index (χ0) is 14.9. The van der Waals surface area contributed by atoms with Crippen molar-refractivity contribution in [3.8, 4) is 11.8 Å². The van der Waals surface area contributed by atoms with Gasteiger partial charge in [-0.1, -0.05) is 42.0 Å². The quantitative estimate of drug-likeness (QED) is 0.792. The molecule has 0 radical (unpaired) electrons. The molecule has 2 rings (SSSR count). The minimum atomic E-state index is 0.0914. The van der Waals surface area contributed by atoms with E-state index in [1.807, 2.05) is 30.3 Å². The van der Waals surface area contributed by atoms with Crippen LogP contribution in [0.2, 0.25) is 0 Å². The molecule has 0 fully saturated rings. The lowest BCUT2D eigenvalue weighted by Crippen LogP contribution is -2.16. The van der Waals surface area contributed by atoms with Gasteiger partial charge in [-0.3, -0.25) is 0 Å². The highest BCUT2D eigenvalue weighted by molar-refractivity contribution is 5.27. The summed E-state index contributed by atoms with van der Waals surface area (Å²) >= 11 is 0. The van der Waals surface area contributed by atoms with E-state index in [1.165, 1.54) is 16.7 Å². The molecule has 0 saturated carbocycles. The van der Waals surface area contributed by atoms with Crippen LogP contribution in [0.4, 0.5) is 0 Å². The Morgan fingerprint density at radius 1 is 1.10 bits per heavy atom. The molecule has 0 saturated heterocycles. The van der Waals surface area contributed by atoms with Crippen molar-refractivity contribution in [1.82, 2.24) is 5.32 Å². The summed E-state index contributed by atoms with van der Waals surface area (Å²) in [6.07, 6.45) is 1.03. The monoisotopic (exact) mass is 280 g/mol. The first-order valence-electron chi connectivity index (χ1n) is 7.13. The summed E-state index contributed by atoms with van der Waals surface area (Å²) in [7, 11) is 0. The maximum atomic E-state index is 8.45. The van der Waals surface area contributed by atoms with Gasteiger partial charge in [0.1, 0.15) is 11.8 Å². The van der Waals surface area contributed by atoms with Crippen molar-refractivity contribution in [2.75, 3.05) is 13.2 Å². The molecule has 0 bridgehead atoms. The normalized spacial score (nSPS) is 10.1. The molecule has 3 heteroatoms. The molecule has 1 N–H and O–H groups in total. The maximum absolute atomic E-state index is 8.45. The number of hydrogen-bond acceptors (Lipinski definition) is 3. The van der Waals surface area contributed by atoms with Crippen molar-refractivity contribution in [3.05, 3.63) is 65.2 Å². The fourth-order valence-electron chi connectivity index (χ4n) is 2.15. The number of nitrogens with zero attached hydrogens (tertiary/aromatic N) is 1. The molecule has 0 aliphatic rings. The summed E-state index contributed by atoms with van der Waals surface area (Å²) in [5.74, 6) is 0.736. The molecular formula is C18H20N2O. The van der Waals surface area contributed by atoms with Crippen molar-refractivity contribution in [2.45, 2.75) is 19.9 Å². The predicted octanol–water partition coefficient (Wildman–Crippen LogP) is 3.23. The highest BCUT2D eigenvalue weighted by atomic mass is 16.5. The van der Waals surface area contributed by atoms with Crippen molar-refractivity contribution in [2.24, 2.45) is 0 Å². The molecule has 3 nitrogen and oxygen atoms in total. The Morgan fingerprint density at radius 3 is 2.62 bits per heavy atom. The van der Waals surface area contributed by atoms with E-state index >= 15 is 0 Å². The van der Waals surface area contributed by atoms with E-state index in [9.17, 15) is 0 Å². The van der Waals surface area contributed by atoms with E-state index in [2.05, 4.69) is 36.5 Å². The molecule has 2 aromatic carbocycles.